The van der Waals surface area contributed by atoms with Crippen LogP contribution < -0.4 is 5.73 Å². The van der Waals surface area contributed by atoms with E-state index in [0.717, 1.165) is 49.0 Å². The molecule has 0 bridgehead atoms. The third kappa shape index (κ3) is 5.87. The molecule has 104 valence electrons. The first kappa shape index (κ1) is 15.5. The summed E-state index contributed by atoms with van der Waals surface area (Å²) in [7, 11) is 0. The number of aryl methyl sites for hydroxylation is 1. The number of nitrogens with zero attached hydrogens (tertiary/aromatic N) is 2. The maximum absolute atomic E-state index is 5.63. The quantitative estimate of drug-likeness (QED) is 0.708. The van der Waals surface area contributed by atoms with Gasteiger partial charge in [0.2, 0.25) is 5.89 Å². The number of hydrogen-bond donors (Lipinski definition) is 1. The first-order valence-corrected chi connectivity index (χ1v) is 8.04. The average Bonchev–Trinajstić information content (AvgIpc) is 2.82. The van der Waals surface area contributed by atoms with Gasteiger partial charge in [0.1, 0.15) is 0 Å². The lowest BCUT2D eigenvalue weighted by molar-refractivity contribution is 0.347. The molecule has 0 aromatic carbocycles. The Morgan fingerprint density at radius 1 is 1.28 bits per heavy atom. The van der Waals surface area contributed by atoms with Crippen LogP contribution in [0.15, 0.2) is 4.52 Å². The number of hydrogen-bond acceptors (Lipinski definition) is 5. The summed E-state index contributed by atoms with van der Waals surface area (Å²) in [5, 5.41) is 3.99. The van der Waals surface area contributed by atoms with Gasteiger partial charge in [-0.25, -0.2) is 0 Å². The highest BCUT2D eigenvalue weighted by molar-refractivity contribution is 7.98. The SMILES string of the molecule is CCCC(CCN)CCc1nc(CSCC)no1. The fourth-order valence-corrected chi connectivity index (χ4v) is 2.55. The molecule has 1 heterocycles. The number of aromatic nitrogens is 2. The fraction of sp³-hybridized carbons (Fsp3) is 0.846. The van der Waals surface area contributed by atoms with Crippen LogP contribution in [0.4, 0.5) is 0 Å². The Hall–Kier alpha value is -0.550. The highest BCUT2D eigenvalue weighted by Gasteiger charge is 2.11. The Balaban J connectivity index is 2.34. The molecule has 1 atom stereocenters. The van der Waals surface area contributed by atoms with Gasteiger partial charge < -0.3 is 10.3 Å². The molecule has 0 amide bonds. The van der Waals surface area contributed by atoms with Crippen LogP contribution in [0.25, 0.3) is 0 Å². The second-order valence-corrected chi connectivity index (χ2v) is 5.79. The molecule has 1 rings (SSSR count). The van der Waals surface area contributed by atoms with Crippen molar-refractivity contribution in [1.29, 1.82) is 0 Å². The van der Waals surface area contributed by atoms with Crippen LogP contribution in [0, 0.1) is 5.92 Å². The van der Waals surface area contributed by atoms with E-state index in [1.807, 2.05) is 11.8 Å². The van der Waals surface area contributed by atoms with Gasteiger partial charge in [-0.05, 0) is 31.1 Å². The predicted octanol–water partition coefficient (Wildman–Crippen LogP) is 3.02. The molecule has 1 aromatic rings. The fourth-order valence-electron chi connectivity index (χ4n) is 2.05. The molecule has 0 aliphatic rings. The molecule has 0 radical (unpaired) electrons. The van der Waals surface area contributed by atoms with Gasteiger partial charge in [0.25, 0.3) is 0 Å². The topological polar surface area (TPSA) is 64.9 Å². The van der Waals surface area contributed by atoms with Crippen molar-refractivity contribution < 1.29 is 4.52 Å². The first-order chi connectivity index (χ1) is 8.80. The summed E-state index contributed by atoms with van der Waals surface area (Å²) >= 11 is 1.81. The highest BCUT2D eigenvalue weighted by atomic mass is 32.2. The van der Waals surface area contributed by atoms with E-state index in [2.05, 4.69) is 24.0 Å². The minimum Gasteiger partial charge on any atom is -0.339 e. The lowest BCUT2D eigenvalue weighted by atomic mass is 9.94. The molecule has 1 unspecified atom stereocenters. The summed E-state index contributed by atoms with van der Waals surface area (Å²) in [6, 6.07) is 0. The largest absolute Gasteiger partial charge is 0.339 e. The van der Waals surface area contributed by atoms with Gasteiger partial charge in [0.15, 0.2) is 5.82 Å². The van der Waals surface area contributed by atoms with Crippen LogP contribution in [-0.2, 0) is 12.2 Å². The predicted molar refractivity (Wildman–Crippen MR) is 76.5 cm³/mol. The van der Waals surface area contributed by atoms with Crippen molar-refractivity contribution in [2.24, 2.45) is 11.7 Å². The first-order valence-electron chi connectivity index (χ1n) is 6.89. The number of thioether (sulfide) groups is 1. The minimum atomic E-state index is 0.695. The summed E-state index contributed by atoms with van der Waals surface area (Å²) in [6.07, 6.45) is 5.54. The van der Waals surface area contributed by atoms with Gasteiger partial charge in [-0.15, -0.1) is 0 Å². The molecule has 4 nitrogen and oxygen atoms in total. The molecule has 5 heteroatoms. The molecule has 0 fully saturated rings. The Morgan fingerprint density at radius 2 is 2.11 bits per heavy atom. The highest BCUT2D eigenvalue weighted by Crippen LogP contribution is 2.18. The van der Waals surface area contributed by atoms with Crippen LogP contribution in [-0.4, -0.2) is 22.4 Å². The molecular weight excluding hydrogens is 246 g/mol. The van der Waals surface area contributed by atoms with Crippen molar-refractivity contribution in [3.8, 4) is 0 Å². The van der Waals surface area contributed by atoms with Gasteiger partial charge in [0.05, 0.1) is 5.75 Å². The molecule has 0 spiro atoms. The minimum absolute atomic E-state index is 0.695. The van der Waals surface area contributed by atoms with Crippen molar-refractivity contribution in [1.82, 2.24) is 10.1 Å². The zero-order valence-corrected chi connectivity index (χ0v) is 12.3. The van der Waals surface area contributed by atoms with Crippen LogP contribution >= 0.6 is 11.8 Å². The van der Waals surface area contributed by atoms with Crippen LogP contribution in [0.5, 0.6) is 0 Å². The Morgan fingerprint density at radius 3 is 2.78 bits per heavy atom. The van der Waals surface area contributed by atoms with E-state index in [9.17, 15) is 0 Å². The Kier molecular flexibility index (Phi) is 8.09. The molecule has 18 heavy (non-hydrogen) atoms. The molecular formula is C13H25N3OS. The standard InChI is InChI=1S/C13H25N3OS/c1-3-5-11(8-9-14)6-7-13-15-12(16-17-13)10-18-4-2/h11H,3-10,14H2,1-2H3. The zero-order chi connectivity index (χ0) is 13.2. The Labute approximate surface area is 114 Å². The van der Waals surface area contributed by atoms with E-state index in [1.165, 1.54) is 12.8 Å². The van der Waals surface area contributed by atoms with Gasteiger partial charge in [0, 0.05) is 6.42 Å². The lowest BCUT2D eigenvalue weighted by Gasteiger charge is -2.13. The summed E-state index contributed by atoms with van der Waals surface area (Å²) in [5.41, 5.74) is 5.63. The number of nitrogens with two attached hydrogens (primary N) is 1. The normalized spacial score (nSPS) is 12.8. The molecule has 0 aliphatic carbocycles. The Bertz CT molecular complexity index is 311. The van der Waals surface area contributed by atoms with Crippen molar-refractivity contribution in [3.05, 3.63) is 11.7 Å². The summed E-state index contributed by atoms with van der Waals surface area (Å²) in [6.45, 7) is 5.12. The second kappa shape index (κ2) is 9.39. The van der Waals surface area contributed by atoms with Crippen molar-refractivity contribution >= 4 is 11.8 Å². The van der Waals surface area contributed by atoms with Crippen LogP contribution in [0.1, 0.15) is 51.2 Å². The summed E-state index contributed by atoms with van der Waals surface area (Å²) < 4.78 is 5.26. The summed E-state index contributed by atoms with van der Waals surface area (Å²) in [4.78, 5) is 4.41. The molecule has 0 saturated heterocycles. The molecule has 0 aliphatic heterocycles. The molecule has 1 aromatic heterocycles. The molecule has 2 N–H and O–H groups in total. The molecule has 0 saturated carbocycles. The third-order valence-electron chi connectivity index (χ3n) is 2.98. The second-order valence-electron chi connectivity index (χ2n) is 4.51. The lowest BCUT2D eigenvalue weighted by Crippen LogP contribution is -2.09. The van der Waals surface area contributed by atoms with E-state index < -0.39 is 0 Å². The van der Waals surface area contributed by atoms with Gasteiger partial charge in [-0.2, -0.15) is 16.7 Å². The maximum Gasteiger partial charge on any atom is 0.226 e. The maximum atomic E-state index is 5.63. The van der Waals surface area contributed by atoms with Crippen molar-refractivity contribution in [2.75, 3.05) is 12.3 Å². The van der Waals surface area contributed by atoms with E-state index >= 15 is 0 Å². The van der Waals surface area contributed by atoms with E-state index in [1.54, 1.807) is 0 Å². The summed E-state index contributed by atoms with van der Waals surface area (Å²) in [5.74, 6) is 4.23. The van der Waals surface area contributed by atoms with Gasteiger partial charge in [-0.3, -0.25) is 0 Å². The van der Waals surface area contributed by atoms with Crippen molar-refractivity contribution in [3.63, 3.8) is 0 Å². The van der Waals surface area contributed by atoms with Crippen molar-refractivity contribution in [2.45, 2.75) is 51.7 Å². The van der Waals surface area contributed by atoms with Crippen LogP contribution in [0.3, 0.4) is 0 Å². The average molecular weight is 271 g/mol. The van der Waals surface area contributed by atoms with E-state index in [0.29, 0.717) is 5.92 Å². The smallest absolute Gasteiger partial charge is 0.226 e. The van der Waals surface area contributed by atoms with Gasteiger partial charge in [-0.1, -0.05) is 31.8 Å². The van der Waals surface area contributed by atoms with Crippen LogP contribution in [0.2, 0.25) is 0 Å². The van der Waals surface area contributed by atoms with E-state index in [-0.39, 0.29) is 0 Å². The zero-order valence-electron chi connectivity index (χ0n) is 11.5. The third-order valence-corrected chi connectivity index (χ3v) is 3.85. The van der Waals surface area contributed by atoms with E-state index in [4.69, 9.17) is 10.3 Å². The van der Waals surface area contributed by atoms with Gasteiger partial charge >= 0.3 is 0 Å². The number of rotatable bonds is 10. The monoisotopic (exact) mass is 271 g/mol.